The van der Waals surface area contributed by atoms with Gasteiger partial charge in [0.1, 0.15) is 0 Å². The molecular formula is C14H25NO3. The molecule has 1 spiro atoms. The number of rotatable bonds is 6. The highest BCUT2D eigenvalue weighted by atomic mass is 16.5. The van der Waals surface area contributed by atoms with Crippen LogP contribution in [0.3, 0.4) is 0 Å². The van der Waals surface area contributed by atoms with E-state index in [2.05, 4.69) is 17.0 Å². The highest BCUT2D eigenvalue weighted by Gasteiger charge is 2.56. The zero-order valence-electron chi connectivity index (χ0n) is 11.5. The quantitative estimate of drug-likeness (QED) is 0.736. The molecule has 2 atom stereocenters. The van der Waals surface area contributed by atoms with Gasteiger partial charge in [0.2, 0.25) is 0 Å². The van der Waals surface area contributed by atoms with Crippen molar-refractivity contribution in [1.29, 1.82) is 0 Å². The summed E-state index contributed by atoms with van der Waals surface area (Å²) < 4.78 is 10.5. The molecule has 18 heavy (non-hydrogen) atoms. The molecule has 0 radical (unpaired) electrons. The van der Waals surface area contributed by atoms with Crippen LogP contribution >= 0.6 is 0 Å². The summed E-state index contributed by atoms with van der Waals surface area (Å²) in [5, 5.41) is 3.52. The van der Waals surface area contributed by atoms with Crippen LogP contribution in [-0.4, -0.2) is 38.4 Å². The predicted octanol–water partition coefficient (Wildman–Crippen LogP) is 1.88. The zero-order chi connectivity index (χ0) is 13.0. The van der Waals surface area contributed by atoms with Gasteiger partial charge in [-0.15, -0.1) is 0 Å². The molecule has 0 heterocycles. The maximum atomic E-state index is 11.1. The van der Waals surface area contributed by atoms with Crippen molar-refractivity contribution in [3.05, 3.63) is 0 Å². The van der Waals surface area contributed by atoms with Crippen molar-refractivity contribution in [3.63, 3.8) is 0 Å². The number of hydrogen-bond acceptors (Lipinski definition) is 4. The van der Waals surface area contributed by atoms with Gasteiger partial charge in [0, 0.05) is 24.6 Å². The number of hydrogen-bond donors (Lipinski definition) is 1. The fraction of sp³-hybridized carbons (Fsp3) is 0.929. The van der Waals surface area contributed by atoms with E-state index >= 15 is 0 Å². The van der Waals surface area contributed by atoms with Crippen molar-refractivity contribution < 1.29 is 14.3 Å². The summed E-state index contributed by atoms with van der Waals surface area (Å²) in [7, 11) is 1.44. The van der Waals surface area contributed by atoms with Crippen LogP contribution < -0.4 is 5.32 Å². The van der Waals surface area contributed by atoms with Gasteiger partial charge >= 0.3 is 5.97 Å². The third-order valence-electron chi connectivity index (χ3n) is 4.63. The molecule has 104 valence electrons. The molecule has 0 aromatic heterocycles. The largest absolute Gasteiger partial charge is 0.469 e. The van der Waals surface area contributed by atoms with Gasteiger partial charge in [0.05, 0.1) is 19.6 Å². The standard InChI is InChI=1S/C14H25NO3/c1-3-18-12-10-11(14(12)7-4-5-8-14)15-9-6-13(16)17-2/h11-12,15H,3-10H2,1-2H3. The molecule has 0 bridgehead atoms. The Kier molecular flexibility index (Phi) is 4.62. The molecule has 2 aliphatic carbocycles. The van der Waals surface area contributed by atoms with Crippen molar-refractivity contribution in [2.75, 3.05) is 20.3 Å². The summed E-state index contributed by atoms with van der Waals surface area (Å²) in [4.78, 5) is 11.1. The summed E-state index contributed by atoms with van der Waals surface area (Å²) >= 11 is 0. The average molecular weight is 255 g/mol. The molecule has 0 aliphatic heterocycles. The minimum atomic E-state index is -0.136. The smallest absolute Gasteiger partial charge is 0.306 e. The van der Waals surface area contributed by atoms with Crippen LogP contribution in [-0.2, 0) is 14.3 Å². The first-order chi connectivity index (χ1) is 8.73. The first-order valence-electron chi connectivity index (χ1n) is 7.14. The van der Waals surface area contributed by atoms with E-state index in [4.69, 9.17) is 4.74 Å². The fourth-order valence-electron chi connectivity index (χ4n) is 3.62. The van der Waals surface area contributed by atoms with Crippen molar-refractivity contribution in [2.45, 2.75) is 57.6 Å². The lowest BCUT2D eigenvalue weighted by Gasteiger charge is -2.54. The third kappa shape index (κ3) is 2.54. The number of esters is 1. The molecule has 0 aromatic rings. The second-order valence-corrected chi connectivity index (χ2v) is 5.45. The highest BCUT2D eigenvalue weighted by molar-refractivity contribution is 5.69. The molecule has 0 saturated heterocycles. The lowest BCUT2D eigenvalue weighted by atomic mass is 9.60. The van der Waals surface area contributed by atoms with Gasteiger partial charge in [-0.3, -0.25) is 4.79 Å². The summed E-state index contributed by atoms with van der Waals surface area (Å²) in [5.74, 6) is -0.136. The van der Waals surface area contributed by atoms with Crippen LogP contribution in [0.2, 0.25) is 0 Å². The minimum Gasteiger partial charge on any atom is -0.469 e. The summed E-state index contributed by atoms with van der Waals surface area (Å²) in [5.41, 5.74) is 0.353. The monoisotopic (exact) mass is 255 g/mol. The Morgan fingerprint density at radius 1 is 1.39 bits per heavy atom. The Bertz CT molecular complexity index is 287. The first kappa shape index (κ1) is 13.8. The number of nitrogens with one attached hydrogen (secondary N) is 1. The van der Waals surface area contributed by atoms with Crippen LogP contribution in [0.15, 0.2) is 0 Å². The van der Waals surface area contributed by atoms with Crippen LogP contribution in [0.1, 0.15) is 45.4 Å². The highest BCUT2D eigenvalue weighted by Crippen LogP contribution is 2.54. The van der Waals surface area contributed by atoms with Gasteiger partial charge in [-0.1, -0.05) is 12.8 Å². The van der Waals surface area contributed by atoms with Gasteiger partial charge in [-0.25, -0.2) is 0 Å². The molecule has 1 N–H and O–H groups in total. The normalized spacial score (nSPS) is 29.2. The predicted molar refractivity (Wildman–Crippen MR) is 69.4 cm³/mol. The molecule has 2 fully saturated rings. The molecule has 0 aromatic carbocycles. The van der Waals surface area contributed by atoms with E-state index < -0.39 is 0 Å². The van der Waals surface area contributed by atoms with Gasteiger partial charge in [-0.2, -0.15) is 0 Å². The second kappa shape index (κ2) is 6.02. The Labute approximate surface area is 109 Å². The summed E-state index contributed by atoms with van der Waals surface area (Å²) in [6.45, 7) is 3.60. The van der Waals surface area contributed by atoms with E-state index in [0.29, 0.717) is 24.0 Å². The van der Waals surface area contributed by atoms with Crippen LogP contribution in [0, 0.1) is 5.41 Å². The Hall–Kier alpha value is -0.610. The minimum absolute atomic E-state index is 0.136. The van der Waals surface area contributed by atoms with E-state index in [0.717, 1.165) is 19.6 Å². The molecule has 2 rings (SSSR count). The molecule has 2 saturated carbocycles. The average Bonchev–Trinajstić information content (AvgIpc) is 2.88. The summed E-state index contributed by atoms with van der Waals surface area (Å²) in [6.07, 6.45) is 7.16. The van der Waals surface area contributed by atoms with E-state index in [1.807, 2.05) is 0 Å². The maximum Gasteiger partial charge on any atom is 0.306 e. The summed E-state index contributed by atoms with van der Waals surface area (Å²) in [6, 6.07) is 0.529. The fourth-order valence-corrected chi connectivity index (χ4v) is 3.62. The zero-order valence-corrected chi connectivity index (χ0v) is 11.5. The lowest BCUT2D eigenvalue weighted by Crippen LogP contribution is -2.62. The number of ether oxygens (including phenoxy) is 2. The van der Waals surface area contributed by atoms with Crippen molar-refractivity contribution >= 4 is 5.97 Å². The molecule has 0 amide bonds. The Morgan fingerprint density at radius 3 is 2.72 bits per heavy atom. The van der Waals surface area contributed by atoms with E-state index in [-0.39, 0.29) is 5.97 Å². The maximum absolute atomic E-state index is 11.1. The van der Waals surface area contributed by atoms with Gasteiger partial charge < -0.3 is 14.8 Å². The van der Waals surface area contributed by atoms with Gasteiger partial charge in [0.25, 0.3) is 0 Å². The molecule has 2 unspecified atom stereocenters. The van der Waals surface area contributed by atoms with Crippen LogP contribution in [0.4, 0.5) is 0 Å². The second-order valence-electron chi connectivity index (χ2n) is 5.45. The van der Waals surface area contributed by atoms with Gasteiger partial charge in [0.15, 0.2) is 0 Å². The van der Waals surface area contributed by atoms with Crippen molar-refractivity contribution in [2.24, 2.45) is 5.41 Å². The lowest BCUT2D eigenvalue weighted by molar-refractivity contribution is -0.142. The van der Waals surface area contributed by atoms with Crippen LogP contribution in [0.25, 0.3) is 0 Å². The third-order valence-corrected chi connectivity index (χ3v) is 4.63. The molecule has 4 heteroatoms. The molecule has 2 aliphatic rings. The van der Waals surface area contributed by atoms with Crippen LogP contribution in [0.5, 0.6) is 0 Å². The SMILES string of the molecule is CCOC1CC(NCCC(=O)OC)C12CCCC2. The van der Waals surface area contributed by atoms with E-state index in [1.54, 1.807) is 0 Å². The molecular weight excluding hydrogens is 230 g/mol. The van der Waals surface area contributed by atoms with Gasteiger partial charge in [-0.05, 0) is 26.2 Å². The Balaban J connectivity index is 1.81. The molecule has 4 nitrogen and oxygen atoms in total. The number of carbonyl (C=O) groups excluding carboxylic acids is 1. The van der Waals surface area contributed by atoms with Crippen molar-refractivity contribution in [3.8, 4) is 0 Å². The van der Waals surface area contributed by atoms with Crippen molar-refractivity contribution in [1.82, 2.24) is 5.32 Å². The number of carbonyl (C=O) groups is 1. The Morgan fingerprint density at radius 2 is 2.11 bits per heavy atom. The first-order valence-corrected chi connectivity index (χ1v) is 7.14. The van der Waals surface area contributed by atoms with E-state index in [1.165, 1.54) is 32.8 Å². The topological polar surface area (TPSA) is 47.6 Å². The number of methoxy groups -OCH3 is 1. The van der Waals surface area contributed by atoms with E-state index in [9.17, 15) is 4.79 Å².